The Labute approximate surface area is 187 Å². The molecule has 0 atom stereocenters. The number of allylic oxidation sites excluding steroid dienone is 1. The second-order valence-electron chi connectivity index (χ2n) is 6.91. The minimum atomic E-state index is 0.385. The third-order valence-corrected chi connectivity index (χ3v) is 5.30. The lowest BCUT2D eigenvalue weighted by Gasteiger charge is -2.28. The number of halogens is 2. The number of nitrogens with two attached hydrogens (primary N) is 1. The summed E-state index contributed by atoms with van der Waals surface area (Å²) in [5.74, 6) is 0. The summed E-state index contributed by atoms with van der Waals surface area (Å²) in [6, 6.07) is 23.0. The van der Waals surface area contributed by atoms with E-state index in [2.05, 4.69) is 12.6 Å². The second kappa shape index (κ2) is 9.54. The monoisotopic (exact) mass is 433 g/mol. The van der Waals surface area contributed by atoms with Crippen LogP contribution in [0.5, 0.6) is 0 Å². The number of nitrogens with zero attached hydrogens (tertiary/aromatic N) is 2. The molecule has 150 valence electrons. The summed E-state index contributed by atoms with van der Waals surface area (Å²) in [7, 11) is 0. The van der Waals surface area contributed by atoms with Crippen molar-refractivity contribution in [3.8, 4) is 6.07 Å². The van der Waals surface area contributed by atoms with Crippen molar-refractivity contribution in [3.63, 3.8) is 0 Å². The number of aryl methyl sites for hydroxylation is 1. The summed E-state index contributed by atoms with van der Waals surface area (Å²) in [5.41, 5.74) is 11.5. The molecule has 0 aliphatic rings. The van der Waals surface area contributed by atoms with Gasteiger partial charge in [-0.15, -0.1) is 0 Å². The molecule has 3 nitrogen and oxygen atoms in total. The van der Waals surface area contributed by atoms with Crippen LogP contribution in [0.3, 0.4) is 0 Å². The van der Waals surface area contributed by atoms with Gasteiger partial charge in [0.1, 0.15) is 6.07 Å². The van der Waals surface area contributed by atoms with E-state index in [1.54, 1.807) is 12.1 Å². The fourth-order valence-electron chi connectivity index (χ4n) is 3.03. The fraction of sp³-hybridized carbons (Fsp3) is 0.0800. The summed E-state index contributed by atoms with van der Waals surface area (Å²) >= 11 is 12.5. The molecule has 0 heterocycles. The quantitative estimate of drug-likeness (QED) is 0.258. The summed E-state index contributed by atoms with van der Waals surface area (Å²) in [4.78, 5) is 1.90. The number of hydrogen-bond donors (Lipinski definition) is 1. The van der Waals surface area contributed by atoms with Gasteiger partial charge in [0.15, 0.2) is 0 Å². The predicted molar refractivity (Wildman–Crippen MR) is 127 cm³/mol. The third-order valence-electron chi connectivity index (χ3n) is 4.72. The molecule has 2 N–H and O–H groups in total. The highest BCUT2D eigenvalue weighted by atomic mass is 35.5. The average molecular weight is 434 g/mol. The number of rotatable bonds is 6. The van der Waals surface area contributed by atoms with Crippen molar-refractivity contribution in [2.75, 3.05) is 10.6 Å². The Morgan fingerprint density at radius 1 is 1.10 bits per heavy atom. The van der Waals surface area contributed by atoms with Gasteiger partial charge in [-0.3, -0.25) is 0 Å². The largest absolute Gasteiger partial charge is 0.397 e. The molecule has 30 heavy (non-hydrogen) atoms. The molecule has 0 fully saturated rings. The zero-order chi connectivity index (χ0) is 21.7. The molecule has 0 amide bonds. The number of anilines is 2. The lowest BCUT2D eigenvalue weighted by Crippen LogP contribution is -2.23. The highest BCUT2D eigenvalue weighted by Crippen LogP contribution is 2.32. The first-order valence-electron chi connectivity index (χ1n) is 9.32. The van der Waals surface area contributed by atoms with E-state index in [0.29, 0.717) is 33.5 Å². The van der Waals surface area contributed by atoms with Crippen LogP contribution < -0.4 is 10.6 Å². The number of hydrogen-bond acceptors (Lipinski definition) is 3. The Balaban J connectivity index is 2.04. The van der Waals surface area contributed by atoms with Gasteiger partial charge in [-0.1, -0.05) is 77.8 Å². The molecule has 0 aliphatic heterocycles. The number of para-hydroxylation sites is 2. The third kappa shape index (κ3) is 5.04. The van der Waals surface area contributed by atoms with Crippen LogP contribution in [0.2, 0.25) is 10.0 Å². The zero-order valence-electron chi connectivity index (χ0n) is 16.6. The Bertz CT molecular complexity index is 1140. The zero-order valence-corrected chi connectivity index (χ0v) is 18.1. The standard InChI is InChI=1S/C25H21Cl2N3/c1-17-7-9-19(10-8-17)13-21(15-28)18(2)30(25-6-4-3-5-24(25)29)16-20-11-12-22(26)14-23(20)27/h3-14H,2,16,29H2,1H3/b21-13+. The molecule has 3 aromatic rings. The molecule has 3 aromatic carbocycles. The molecule has 0 radical (unpaired) electrons. The van der Waals surface area contributed by atoms with E-state index in [1.165, 1.54) is 0 Å². The van der Waals surface area contributed by atoms with Gasteiger partial charge < -0.3 is 10.6 Å². The highest BCUT2D eigenvalue weighted by molar-refractivity contribution is 6.35. The molecule has 0 aromatic heterocycles. The van der Waals surface area contributed by atoms with Crippen molar-refractivity contribution in [3.05, 3.63) is 111 Å². The van der Waals surface area contributed by atoms with Crippen LogP contribution in [-0.2, 0) is 6.54 Å². The van der Waals surface area contributed by atoms with Gasteiger partial charge in [-0.25, -0.2) is 0 Å². The van der Waals surface area contributed by atoms with Crippen molar-refractivity contribution >= 4 is 40.7 Å². The molecular weight excluding hydrogens is 413 g/mol. The summed E-state index contributed by atoms with van der Waals surface area (Å²) in [5, 5.41) is 11.0. The van der Waals surface area contributed by atoms with Crippen LogP contribution >= 0.6 is 23.2 Å². The van der Waals surface area contributed by atoms with Gasteiger partial charge in [-0.2, -0.15) is 5.26 Å². The highest BCUT2D eigenvalue weighted by Gasteiger charge is 2.18. The van der Waals surface area contributed by atoms with Gasteiger partial charge in [0.2, 0.25) is 0 Å². The van der Waals surface area contributed by atoms with Gasteiger partial charge in [0.25, 0.3) is 0 Å². The molecule has 0 saturated carbocycles. The van der Waals surface area contributed by atoms with Crippen molar-refractivity contribution < 1.29 is 0 Å². The average Bonchev–Trinajstić information content (AvgIpc) is 2.73. The second-order valence-corrected chi connectivity index (χ2v) is 7.75. The molecule has 0 saturated heterocycles. The molecule has 5 heteroatoms. The Morgan fingerprint density at radius 2 is 1.80 bits per heavy atom. The van der Waals surface area contributed by atoms with E-state index in [4.69, 9.17) is 28.9 Å². The van der Waals surface area contributed by atoms with Gasteiger partial charge in [0.05, 0.1) is 22.6 Å². The van der Waals surface area contributed by atoms with Gasteiger partial charge >= 0.3 is 0 Å². The van der Waals surface area contributed by atoms with Crippen LogP contribution in [0.15, 0.2) is 84.6 Å². The maximum absolute atomic E-state index is 9.85. The summed E-state index contributed by atoms with van der Waals surface area (Å²) < 4.78 is 0. The summed E-state index contributed by atoms with van der Waals surface area (Å²) in [6.45, 7) is 6.62. The molecule has 3 rings (SSSR count). The first-order chi connectivity index (χ1) is 14.4. The lowest BCUT2D eigenvalue weighted by atomic mass is 10.1. The maximum Gasteiger partial charge on any atom is 0.101 e. The first kappa shape index (κ1) is 21.5. The van der Waals surface area contributed by atoms with Crippen LogP contribution in [0.4, 0.5) is 11.4 Å². The first-order valence-corrected chi connectivity index (χ1v) is 10.1. The molecule has 0 aliphatic carbocycles. The minimum Gasteiger partial charge on any atom is -0.397 e. The molecule has 0 bridgehead atoms. The minimum absolute atomic E-state index is 0.385. The Morgan fingerprint density at radius 3 is 2.43 bits per heavy atom. The van der Waals surface area contributed by atoms with E-state index in [0.717, 1.165) is 22.4 Å². The van der Waals surface area contributed by atoms with E-state index >= 15 is 0 Å². The van der Waals surface area contributed by atoms with E-state index < -0.39 is 0 Å². The van der Waals surface area contributed by atoms with Crippen molar-refractivity contribution in [2.24, 2.45) is 0 Å². The number of nitriles is 1. The topological polar surface area (TPSA) is 53.0 Å². The van der Waals surface area contributed by atoms with E-state index in [1.807, 2.05) is 72.5 Å². The van der Waals surface area contributed by atoms with Crippen LogP contribution in [-0.4, -0.2) is 0 Å². The number of benzene rings is 3. The summed E-state index contributed by atoms with van der Waals surface area (Å²) in [6.07, 6.45) is 1.82. The Kier molecular flexibility index (Phi) is 6.84. The van der Waals surface area contributed by atoms with E-state index in [9.17, 15) is 5.26 Å². The van der Waals surface area contributed by atoms with Crippen LogP contribution in [0.1, 0.15) is 16.7 Å². The van der Waals surface area contributed by atoms with Gasteiger partial charge in [-0.05, 0) is 48.4 Å². The van der Waals surface area contributed by atoms with Crippen molar-refractivity contribution in [1.82, 2.24) is 0 Å². The molecule has 0 spiro atoms. The lowest BCUT2D eigenvalue weighted by molar-refractivity contribution is 0.932. The van der Waals surface area contributed by atoms with Crippen molar-refractivity contribution in [1.29, 1.82) is 5.26 Å². The SMILES string of the molecule is C=C(/C(C#N)=C/c1ccc(C)cc1)N(Cc1ccc(Cl)cc1Cl)c1ccccc1N. The molecule has 0 unspecified atom stereocenters. The van der Waals surface area contributed by atoms with Gasteiger partial charge in [0, 0.05) is 16.6 Å². The normalized spacial score (nSPS) is 11.1. The van der Waals surface area contributed by atoms with E-state index in [-0.39, 0.29) is 0 Å². The predicted octanol–water partition coefficient (Wildman–Crippen LogP) is 7.01. The fourth-order valence-corrected chi connectivity index (χ4v) is 3.50. The Hall–Kier alpha value is -3.19. The maximum atomic E-state index is 9.85. The van der Waals surface area contributed by atoms with Crippen LogP contribution in [0, 0.1) is 18.3 Å². The number of nitrogen functional groups attached to an aromatic ring is 1. The molecular formula is C25H21Cl2N3. The van der Waals surface area contributed by atoms with Crippen LogP contribution in [0.25, 0.3) is 6.08 Å². The smallest absolute Gasteiger partial charge is 0.101 e. The van der Waals surface area contributed by atoms with Crippen molar-refractivity contribution in [2.45, 2.75) is 13.5 Å².